The molecule has 17 heavy (non-hydrogen) atoms. The number of benzene rings is 2. The van der Waals surface area contributed by atoms with Crippen LogP contribution < -0.4 is 10.5 Å². The molecule has 2 rings (SSSR count). The monoisotopic (exact) mass is 229 g/mol. The van der Waals surface area contributed by atoms with Gasteiger partial charge < -0.3 is 10.5 Å². The molecule has 0 radical (unpaired) electrons. The van der Waals surface area contributed by atoms with Gasteiger partial charge >= 0.3 is 0 Å². The lowest BCUT2D eigenvalue weighted by Gasteiger charge is -2.26. The summed E-state index contributed by atoms with van der Waals surface area (Å²) in [5, 5.41) is 2.44. The number of fused-ring (bicyclic) bond motifs is 1. The SMILES string of the molecule is CC(C)(CCN)Oc1ccc2ccccc2c1. The Balaban J connectivity index is 2.25. The van der Waals surface area contributed by atoms with Gasteiger partial charge in [0.2, 0.25) is 0 Å². The van der Waals surface area contributed by atoms with Crippen LogP contribution in [0.1, 0.15) is 20.3 Å². The van der Waals surface area contributed by atoms with E-state index in [0.717, 1.165) is 12.2 Å². The van der Waals surface area contributed by atoms with Gasteiger partial charge in [0.1, 0.15) is 11.4 Å². The molecule has 0 amide bonds. The highest BCUT2D eigenvalue weighted by molar-refractivity contribution is 5.83. The number of nitrogens with two attached hydrogens (primary N) is 1. The summed E-state index contributed by atoms with van der Waals surface area (Å²) < 4.78 is 5.97. The second kappa shape index (κ2) is 4.76. The second-order valence-corrected chi connectivity index (χ2v) is 4.91. The Labute approximate surface area is 102 Å². The van der Waals surface area contributed by atoms with Crippen LogP contribution in [0.5, 0.6) is 5.75 Å². The molecule has 0 aliphatic heterocycles. The fraction of sp³-hybridized carbons (Fsp3) is 0.333. The predicted molar refractivity (Wildman–Crippen MR) is 72.3 cm³/mol. The smallest absolute Gasteiger partial charge is 0.120 e. The van der Waals surface area contributed by atoms with Gasteiger partial charge in [-0.3, -0.25) is 0 Å². The normalized spacial score (nSPS) is 11.7. The zero-order valence-corrected chi connectivity index (χ0v) is 10.4. The van der Waals surface area contributed by atoms with Crippen LogP contribution in [0.15, 0.2) is 42.5 Å². The molecular weight excluding hydrogens is 210 g/mol. The van der Waals surface area contributed by atoms with E-state index < -0.39 is 0 Å². The van der Waals surface area contributed by atoms with Crippen LogP contribution in [0.3, 0.4) is 0 Å². The third-order valence-corrected chi connectivity index (χ3v) is 2.86. The maximum absolute atomic E-state index is 5.97. The van der Waals surface area contributed by atoms with E-state index in [1.54, 1.807) is 0 Å². The number of ether oxygens (including phenoxy) is 1. The van der Waals surface area contributed by atoms with E-state index in [4.69, 9.17) is 10.5 Å². The highest BCUT2D eigenvalue weighted by atomic mass is 16.5. The van der Waals surface area contributed by atoms with Crippen LogP contribution in [0.25, 0.3) is 10.8 Å². The minimum Gasteiger partial charge on any atom is -0.488 e. The van der Waals surface area contributed by atoms with Crippen molar-refractivity contribution >= 4 is 10.8 Å². The van der Waals surface area contributed by atoms with Crippen molar-refractivity contribution < 1.29 is 4.74 Å². The predicted octanol–water partition coefficient (Wildman–Crippen LogP) is 3.35. The first kappa shape index (κ1) is 11.9. The van der Waals surface area contributed by atoms with Crippen LogP contribution in [-0.4, -0.2) is 12.1 Å². The van der Waals surface area contributed by atoms with Crippen molar-refractivity contribution in [1.29, 1.82) is 0 Å². The topological polar surface area (TPSA) is 35.2 Å². The van der Waals surface area contributed by atoms with Gasteiger partial charge in [-0.25, -0.2) is 0 Å². The van der Waals surface area contributed by atoms with Gasteiger partial charge in [0.15, 0.2) is 0 Å². The summed E-state index contributed by atoms with van der Waals surface area (Å²) >= 11 is 0. The average molecular weight is 229 g/mol. The first-order chi connectivity index (χ1) is 8.11. The molecule has 0 aliphatic rings. The zero-order chi connectivity index (χ0) is 12.3. The molecular formula is C15H19NO. The van der Waals surface area contributed by atoms with Crippen molar-refractivity contribution in [2.45, 2.75) is 25.9 Å². The molecule has 0 heterocycles. The van der Waals surface area contributed by atoms with Crippen LogP contribution in [0, 0.1) is 0 Å². The highest BCUT2D eigenvalue weighted by Gasteiger charge is 2.18. The standard InChI is InChI=1S/C15H19NO/c1-15(2,9-10-16)17-14-8-7-12-5-3-4-6-13(12)11-14/h3-8,11H,9-10,16H2,1-2H3. The zero-order valence-electron chi connectivity index (χ0n) is 10.4. The third kappa shape index (κ3) is 2.98. The molecule has 2 nitrogen and oxygen atoms in total. The third-order valence-electron chi connectivity index (χ3n) is 2.86. The highest BCUT2D eigenvalue weighted by Crippen LogP contribution is 2.25. The van der Waals surface area contributed by atoms with Gasteiger partial charge in [0, 0.05) is 0 Å². The van der Waals surface area contributed by atoms with E-state index in [1.165, 1.54) is 10.8 Å². The summed E-state index contributed by atoms with van der Waals surface area (Å²) in [4.78, 5) is 0. The van der Waals surface area contributed by atoms with E-state index in [-0.39, 0.29) is 5.60 Å². The minimum atomic E-state index is -0.211. The molecule has 0 saturated carbocycles. The fourth-order valence-electron chi connectivity index (χ4n) is 1.95. The lowest BCUT2D eigenvalue weighted by Crippen LogP contribution is -2.31. The molecule has 90 valence electrons. The molecule has 2 heteroatoms. The Hall–Kier alpha value is -1.54. The van der Waals surface area contributed by atoms with E-state index >= 15 is 0 Å². The Morgan fingerprint density at radius 1 is 1.06 bits per heavy atom. The van der Waals surface area contributed by atoms with E-state index in [9.17, 15) is 0 Å². The lowest BCUT2D eigenvalue weighted by molar-refractivity contribution is 0.102. The minimum absolute atomic E-state index is 0.211. The molecule has 0 bridgehead atoms. The van der Waals surface area contributed by atoms with Crippen LogP contribution in [0.2, 0.25) is 0 Å². The summed E-state index contributed by atoms with van der Waals surface area (Å²) in [6.45, 7) is 4.77. The van der Waals surface area contributed by atoms with E-state index in [0.29, 0.717) is 6.54 Å². The molecule has 0 spiro atoms. The first-order valence-corrected chi connectivity index (χ1v) is 5.99. The van der Waals surface area contributed by atoms with Gasteiger partial charge in [0.05, 0.1) is 0 Å². The fourth-order valence-corrected chi connectivity index (χ4v) is 1.95. The second-order valence-electron chi connectivity index (χ2n) is 4.91. The maximum Gasteiger partial charge on any atom is 0.120 e. The van der Waals surface area contributed by atoms with Crippen molar-refractivity contribution in [3.63, 3.8) is 0 Å². The Bertz CT molecular complexity index is 505. The maximum atomic E-state index is 5.97. The lowest BCUT2D eigenvalue weighted by atomic mass is 10.1. The van der Waals surface area contributed by atoms with Gasteiger partial charge in [-0.05, 0) is 49.7 Å². The number of hydrogen-bond donors (Lipinski definition) is 1. The largest absolute Gasteiger partial charge is 0.488 e. The molecule has 2 N–H and O–H groups in total. The van der Waals surface area contributed by atoms with Gasteiger partial charge in [-0.1, -0.05) is 30.3 Å². The van der Waals surface area contributed by atoms with Crippen molar-refractivity contribution in [3.8, 4) is 5.75 Å². The molecule has 0 atom stereocenters. The van der Waals surface area contributed by atoms with Crippen LogP contribution in [0.4, 0.5) is 0 Å². The first-order valence-electron chi connectivity index (χ1n) is 5.99. The number of hydrogen-bond acceptors (Lipinski definition) is 2. The molecule has 0 saturated heterocycles. The molecule has 0 fully saturated rings. The van der Waals surface area contributed by atoms with Gasteiger partial charge in [0.25, 0.3) is 0 Å². The van der Waals surface area contributed by atoms with Crippen molar-refractivity contribution in [3.05, 3.63) is 42.5 Å². The Kier molecular flexibility index (Phi) is 3.34. The number of rotatable bonds is 4. The van der Waals surface area contributed by atoms with Crippen molar-refractivity contribution in [2.24, 2.45) is 5.73 Å². The summed E-state index contributed by atoms with van der Waals surface area (Å²) in [6, 6.07) is 14.5. The quantitative estimate of drug-likeness (QED) is 0.872. The summed E-state index contributed by atoms with van der Waals surface area (Å²) in [5.74, 6) is 0.905. The Morgan fingerprint density at radius 2 is 1.76 bits per heavy atom. The molecule has 0 aromatic heterocycles. The van der Waals surface area contributed by atoms with Gasteiger partial charge in [-0.2, -0.15) is 0 Å². The van der Waals surface area contributed by atoms with Crippen LogP contribution >= 0.6 is 0 Å². The molecule has 2 aromatic carbocycles. The van der Waals surface area contributed by atoms with Crippen molar-refractivity contribution in [1.82, 2.24) is 0 Å². The summed E-state index contributed by atoms with van der Waals surface area (Å²) in [7, 11) is 0. The summed E-state index contributed by atoms with van der Waals surface area (Å²) in [6.07, 6.45) is 0.847. The Morgan fingerprint density at radius 3 is 2.47 bits per heavy atom. The summed E-state index contributed by atoms with van der Waals surface area (Å²) in [5.41, 5.74) is 5.37. The van der Waals surface area contributed by atoms with Crippen molar-refractivity contribution in [2.75, 3.05) is 6.54 Å². The van der Waals surface area contributed by atoms with Crippen LogP contribution in [-0.2, 0) is 0 Å². The van der Waals surface area contributed by atoms with Gasteiger partial charge in [-0.15, -0.1) is 0 Å². The molecule has 0 unspecified atom stereocenters. The van der Waals surface area contributed by atoms with E-state index in [1.807, 2.05) is 18.2 Å². The molecule has 2 aromatic rings. The average Bonchev–Trinajstić information content (AvgIpc) is 2.28. The molecule has 0 aliphatic carbocycles. The van der Waals surface area contributed by atoms with E-state index in [2.05, 4.69) is 38.1 Å².